The molecule has 0 aromatic heterocycles. The molecule has 2 rings (SSSR count). The third-order valence-corrected chi connectivity index (χ3v) is 4.00. The molecule has 3 atom stereocenters. The van der Waals surface area contributed by atoms with Crippen molar-refractivity contribution in [2.45, 2.75) is 37.0 Å². The van der Waals surface area contributed by atoms with Gasteiger partial charge >= 0.3 is 11.2 Å². The third kappa shape index (κ3) is 2.87. The molecule has 0 spiro atoms. The average molecular weight is 268 g/mol. The zero-order valence-corrected chi connectivity index (χ0v) is 9.67. The van der Waals surface area contributed by atoms with Crippen molar-refractivity contribution in [1.82, 2.24) is 5.32 Å². The van der Waals surface area contributed by atoms with Gasteiger partial charge < -0.3 is 10.6 Å². The molecule has 0 aromatic carbocycles. The number of carbonyl (C=O) groups excluding carboxylic acids is 1. The van der Waals surface area contributed by atoms with Gasteiger partial charge in [0.2, 0.25) is 0 Å². The molecule has 2 bridgehead atoms. The number of halogens is 2. The average Bonchev–Trinajstić information content (AvgIpc) is 2.88. The normalized spacial score (nSPS) is 31.8. The fraction of sp³-hybridized carbons (Fsp3) is 0.889. The second kappa shape index (κ2) is 5.05. The van der Waals surface area contributed by atoms with Gasteiger partial charge in [0.15, 0.2) is 0 Å². The van der Waals surface area contributed by atoms with Gasteiger partial charge in [-0.25, -0.2) is 0 Å². The van der Waals surface area contributed by atoms with E-state index < -0.39 is 23.2 Å². The Hall–Kier alpha value is -0.440. The summed E-state index contributed by atoms with van der Waals surface area (Å²) in [5.74, 6) is -0.577. The number of fused-ring (bicyclic) bond motifs is 2. The van der Waals surface area contributed by atoms with Crippen molar-refractivity contribution in [2.24, 2.45) is 11.8 Å². The molecule has 5 nitrogen and oxygen atoms in total. The highest BCUT2D eigenvalue weighted by Gasteiger charge is 2.46. The molecular formula is C9H12F2NO4S-. The van der Waals surface area contributed by atoms with Crippen LogP contribution in [0.3, 0.4) is 0 Å². The quantitative estimate of drug-likeness (QED) is 0.453. The minimum Gasteiger partial charge on any atom is -0.691 e. The van der Waals surface area contributed by atoms with E-state index in [1.165, 1.54) is 0 Å². The first kappa shape index (κ1) is 13.0. The Labute approximate surface area is 101 Å². The zero-order chi connectivity index (χ0) is 12.5. The minimum absolute atomic E-state index is 0.180. The first-order valence-corrected chi connectivity index (χ1v) is 6.10. The molecule has 0 saturated heterocycles. The highest BCUT2D eigenvalue weighted by molar-refractivity contribution is 7.96. The minimum atomic E-state index is -3.81. The number of carbonyl (C=O) groups is 1. The Balaban J connectivity index is 1.84. The lowest BCUT2D eigenvalue weighted by molar-refractivity contribution is -0.777. The predicted octanol–water partition coefficient (Wildman–Crippen LogP) is 0.756. The monoisotopic (exact) mass is 268 g/mol. The van der Waals surface area contributed by atoms with Crippen LogP contribution in [0.2, 0.25) is 0 Å². The van der Waals surface area contributed by atoms with E-state index in [2.05, 4.69) is 14.7 Å². The number of rotatable bonds is 5. The third-order valence-electron chi connectivity index (χ3n) is 3.49. The number of alkyl halides is 2. The maximum absolute atomic E-state index is 13.1. The van der Waals surface area contributed by atoms with Crippen LogP contribution >= 0.6 is 12.0 Å². The first-order chi connectivity index (χ1) is 8.03. The van der Waals surface area contributed by atoms with E-state index in [1.807, 2.05) is 0 Å². The molecule has 2 aliphatic carbocycles. The lowest BCUT2D eigenvalue weighted by atomic mass is 9.95. The molecule has 17 heavy (non-hydrogen) atoms. The smallest absolute Gasteiger partial charge is 0.397 e. The predicted molar refractivity (Wildman–Crippen MR) is 52.1 cm³/mol. The molecule has 0 heterocycles. The second-order valence-corrected chi connectivity index (χ2v) is 5.31. The van der Waals surface area contributed by atoms with Crippen molar-refractivity contribution in [2.75, 3.05) is 0 Å². The Kier molecular flexibility index (Phi) is 3.86. The van der Waals surface area contributed by atoms with Gasteiger partial charge in [-0.1, -0.05) is 6.42 Å². The number of hydrogen-bond donors (Lipinski definition) is 1. The second-order valence-electron chi connectivity index (χ2n) is 4.49. The Morgan fingerprint density at radius 2 is 2.18 bits per heavy atom. The van der Waals surface area contributed by atoms with Gasteiger partial charge in [-0.05, 0) is 31.1 Å². The van der Waals surface area contributed by atoms with Crippen LogP contribution in [-0.2, 0) is 14.2 Å². The van der Waals surface area contributed by atoms with Crippen LogP contribution < -0.4 is 10.6 Å². The van der Waals surface area contributed by atoms with Crippen molar-refractivity contribution in [3.05, 3.63) is 0 Å². The van der Waals surface area contributed by atoms with E-state index in [-0.39, 0.29) is 6.04 Å². The van der Waals surface area contributed by atoms with E-state index in [4.69, 9.17) is 0 Å². The fourth-order valence-corrected chi connectivity index (χ4v) is 3.02. The summed E-state index contributed by atoms with van der Waals surface area (Å²) in [6.07, 6.45) is 3.86. The van der Waals surface area contributed by atoms with Crippen LogP contribution in [-0.4, -0.2) is 17.2 Å². The van der Waals surface area contributed by atoms with Gasteiger partial charge in [0.25, 0.3) is 0 Å². The molecule has 0 aromatic rings. The summed E-state index contributed by atoms with van der Waals surface area (Å²) < 4.78 is 29.7. The van der Waals surface area contributed by atoms with E-state index in [0.717, 1.165) is 25.7 Å². The number of hydrogen-bond acceptors (Lipinski definition) is 5. The van der Waals surface area contributed by atoms with E-state index in [9.17, 15) is 18.8 Å². The Morgan fingerprint density at radius 1 is 1.41 bits per heavy atom. The van der Waals surface area contributed by atoms with Gasteiger partial charge in [0.05, 0.1) is 0 Å². The van der Waals surface area contributed by atoms with Crippen molar-refractivity contribution in [1.29, 1.82) is 0 Å². The summed E-state index contributed by atoms with van der Waals surface area (Å²) in [6.45, 7) is 0. The van der Waals surface area contributed by atoms with Crippen LogP contribution in [0.5, 0.6) is 0 Å². The summed E-state index contributed by atoms with van der Waals surface area (Å²) in [6, 6.07) is -0.180. The Morgan fingerprint density at radius 3 is 2.71 bits per heavy atom. The van der Waals surface area contributed by atoms with Crippen LogP contribution in [0.25, 0.3) is 0 Å². The lowest BCUT2D eigenvalue weighted by Gasteiger charge is -2.24. The van der Waals surface area contributed by atoms with Crippen LogP contribution in [0.15, 0.2) is 0 Å². The van der Waals surface area contributed by atoms with E-state index >= 15 is 0 Å². The van der Waals surface area contributed by atoms with Gasteiger partial charge in [-0.15, -0.1) is 0 Å². The highest BCUT2D eigenvalue weighted by atomic mass is 32.2. The molecule has 98 valence electrons. The molecule has 0 radical (unpaired) electrons. The van der Waals surface area contributed by atoms with Gasteiger partial charge in [0.1, 0.15) is 12.0 Å². The van der Waals surface area contributed by atoms with Gasteiger partial charge in [-0.3, -0.25) is 9.83 Å². The summed E-state index contributed by atoms with van der Waals surface area (Å²) >= 11 is -0.590. The van der Waals surface area contributed by atoms with Crippen LogP contribution in [0, 0.1) is 11.8 Å². The molecular weight excluding hydrogens is 256 g/mol. The van der Waals surface area contributed by atoms with Crippen molar-refractivity contribution in [3.63, 3.8) is 0 Å². The van der Waals surface area contributed by atoms with E-state index in [0.29, 0.717) is 11.8 Å². The molecule has 1 amide bonds. The largest absolute Gasteiger partial charge is 0.691 e. The van der Waals surface area contributed by atoms with Crippen LogP contribution in [0.4, 0.5) is 8.78 Å². The summed E-state index contributed by atoms with van der Waals surface area (Å²) in [7, 11) is 0. The van der Waals surface area contributed by atoms with Crippen molar-refractivity contribution >= 4 is 17.9 Å². The summed E-state index contributed by atoms with van der Waals surface area (Å²) in [5.41, 5.74) is 0. The SMILES string of the molecule is O=C(NC1CC2CCC1C2)C(F)(F)SOO[O-]. The standard InChI is InChI=1S/C9H13F2NO4S/c10-9(11,17-16-15-14)8(13)12-7-4-5-1-2-6(7)3-5/h5-7,14H,1-4H2,(H,12,13)/p-1. The summed E-state index contributed by atoms with van der Waals surface area (Å²) in [4.78, 5) is 11.3. The molecule has 2 aliphatic rings. The Bertz CT molecular complexity index is 305. The molecule has 2 fully saturated rings. The van der Waals surface area contributed by atoms with Gasteiger partial charge in [0, 0.05) is 6.04 Å². The molecule has 2 saturated carbocycles. The van der Waals surface area contributed by atoms with Crippen molar-refractivity contribution in [3.8, 4) is 0 Å². The zero-order valence-electron chi connectivity index (χ0n) is 8.86. The molecule has 3 unspecified atom stereocenters. The summed E-state index contributed by atoms with van der Waals surface area (Å²) in [5, 5.41) is 10.7. The molecule has 0 aliphatic heterocycles. The van der Waals surface area contributed by atoms with Crippen molar-refractivity contribution < 1.29 is 28.2 Å². The number of nitrogens with one attached hydrogen (secondary N) is 1. The number of amides is 1. The highest BCUT2D eigenvalue weighted by Crippen LogP contribution is 2.44. The fourth-order valence-electron chi connectivity index (χ4n) is 2.77. The lowest BCUT2D eigenvalue weighted by Crippen LogP contribution is -2.45. The first-order valence-electron chi connectivity index (χ1n) is 5.36. The van der Waals surface area contributed by atoms with E-state index in [1.54, 1.807) is 0 Å². The molecule has 8 heteroatoms. The van der Waals surface area contributed by atoms with Gasteiger partial charge in [-0.2, -0.15) is 13.1 Å². The van der Waals surface area contributed by atoms with Crippen LogP contribution in [0.1, 0.15) is 25.7 Å². The maximum atomic E-state index is 13.1. The molecule has 1 N–H and O–H groups in total. The maximum Gasteiger partial charge on any atom is 0.397 e. The topological polar surface area (TPSA) is 70.6 Å².